The van der Waals surface area contributed by atoms with Crippen molar-refractivity contribution in [2.75, 3.05) is 18.6 Å². The number of hydrogen-bond acceptors (Lipinski definition) is 4. The second-order valence-corrected chi connectivity index (χ2v) is 6.38. The minimum atomic E-state index is -0.666. The summed E-state index contributed by atoms with van der Waals surface area (Å²) in [6.45, 7) is 0.363. The van der Waals surface area contributed by atoms with Crippen molar-refractivity contribution in [2.24, 2.45) is 0 Å². The molecular weight excluding hydrogens is 312 g/mol. The Morgan fingerprint density at radius 2 is 2.04 bits per heavy atom. The Hall–Kier alpha value is -1.82. The van der Waals surface area contributed by atoms with Crippen LogP contribution in [0.5, 0.6) is 5.75 Å². The van der Waals surface area contributed by atoms with Crippen molar-refractivity contribution in [3.05, 3.63) is 24.3 Å². The lowest BCUT2D eigenvalue weighted by atomic mass is 9.96. The molecule has 0 aromatic heterocycles. The average molecular weight is 334 g/mol. The van der Waals surface area contributed by atoms with Gasteiger partial charge in [-0.05, 0) is 37.2 Å². The third kappa shape index (κ3) is 3.58. The molecule has 2 aliphatic rings. The van der Waals surface area contributed by atoms with Crippen molar-refractivity contribution in [1.29, 1.82) is 0 Å². The van der Waals surface area contributed by atoms with E-state index in [1.165, 1.54) is 26.4 Å². The third-order valence-corrected chi connectivity index (χ3v) is 4.75. The van der Waals surface area contributed by atoms with Gasteiger partial charge in [0.15, 0.2) is 5.11 Å². The fraction of sp³-hybridized carbons (Fsp3) is 0.529. The summed E-state index contributed by atoms with van der Waals surface area (Å²) in [6, 6.07) is 8.05. The van der Waals surface area contributed by atoms with E-state index >= 15 is 0 Å². The topological polar surface area (TPSA) is 50.8 Å². The van der Waals surface area contributed by atoms with Gasteiger partial charge in [-0.25, -0.2) is 4.79 Å². The highest BCUT2D eigenvalue weighted by molar-refractivity contribution is 7.80. The molecule has 3 rings (SSSR count). The van der Waals surface area contributed by atoms with Gasteiger partial charge in [0.25, 0.3) is 0 Å². The van der Waals surface area contributed by atoms with E-state index in [0.717, 1.165) is 18.5 Å². The summed E-state index contributed by atoms with van der Waals surface area (Å²) in [5, 5.41) is 4.11. The zero-order chi connectivity index (χ0) is 16.2. The largest absolute Gasteiger partial charge is 0.475 e. The van der Waals surface area contributed by atoms with Crippen LogP contribution in [0.1, 0.15) is 32.1 Å². The van der Waals surface area contributed by atoms with E-state index in [9.17, 15) is 4.79 Å². The number of methoxy groups -OCH3 is 1. The van der Waals surface area contributed by atoms with E-state index in [1.54, 1.807) is 0 Å². The molecule has 0 radical (unpaired) electrons. The fourth-order valence-corrected chi connectivity index (χ4v) is 3.52. The van der Waals surface area contributed by atoms with Crippen LogP contribution in [0, 0.1) is 0 Å². The molecule has 1 fully saturated rings. The third-order valence-electron chi connectivity index (χ3n) is 4.42. The number of fused-ring (bicyclic) bond motifs is 1. The van der Waals surface area contributed by atoms with Crippen LogP contribution in [0.4, 0.5) is 5.69 Å². The number of carbonyl (C=O) groups is 1. The SMILES string of the molecule is COC(=O)[C@H]1CN(C(=S)NC2CCCCC2)c2ccccc2O1. The van der Waals surface area contributed by atoms with Gasteiger partial charge in [-0.15, -0.1) is 0 Å². The van der Waals surface area contributed by atoms with E-state index in [2.05, 4.69) is 5.32 Å². The molecule has 1 heterocycles. The van der Waals surface area contributed by atoms with E-state index in [0.29, 0.717) is 23.4 Å². The number of anilines is 1. The molecule has 124 valence electrons. The molecule has 1 aromatic rings. The lowest BCUT2D eigenvalue weighted by Crippen LogP contribution is -2.52. The number of ether oxygens (including phenoxy) is 2. The first-order valence-corrected chi connectivity index (χ1v) is 8.51. The lowest BCUT2D eigenvalue weighted by Gasteiger charge is -2.36. The summed E-state index contributed by atoms with van der Waals surface area (Å²) in [5.41, 5.74) is 0.890. The van der Waals surface area contributed by atoms with Gasteiger partial charge in [-0.3, -0.25) is 0 Å². The standard InChI is InChI=1S/C17H22N2O3S/c1-21-16(20)15-11-19(13-9-5-6-10-14(13)22-15)17(23)18-12-7-3-2-4-8-12/h5-6,9-10,12,15H,2-4,7-8,11H2,1H3,(H,18,23)/t15-/m1/s1. The molecule has 1 N–H and O–H groups in total. The van der Waals surface area contributed by atoms with Crippen LogP contribution < -0.4 is 15.0 Å². The first-order chi connectivity index (χ1) is 11.2. The Morgan fingerprint density at radius 1 is 1.30 bits per heavy atom. The number of nitrogens with one attached hydrogen (secondary N) is 1. The minimum Gasteiger partial charge on any atom is -0.475 e. The normalized spacial score (nSPS) is 21.1. The van der Waals surface area contributed by atoms with Gasteiger partial charge < -0.3 is 19.7 Å². The zero-order valence-electron chi connectivity index (χ0n) is 13.3. The molecule has 1 atom stereocenters. The van der Waals surface area contributed by atoms with Crippen LogP contribution in [0.2, 0.25) is 0 Å². The zero-order valence-corrected chi connectivity index (χ0v) is 14.1. The fourth-order valence-electron chi connectivity index (χ4n) is 3.18. The van der Waals surface area contributed by atoms with Crippen molar-refractivity contribution < 1.29 is 14.3 Å². The molecule has 0 bridgehead atoms. The summed E-state index contributed by atoms with van der Waals surface area (Å²) in [6.07, 6.45) is 5.41. The van der Waals surface area contributed by atoms with Gasteiger partial charge in [0, 0.05) is 6.04 Å². The quantitative estimate of drug-likeness (QED) is 0.663. The monoisotopic (exact) mass is 334 g/mol. The molecule has 0 spiro atoms. The van der Waals surface area contributed by atoms with Crippen molar-refractivity contribution in [1.82, 2.24) is 5.32 Å². The smallest absolute Gasteiger partial charge is 0.348 e. The van der Waals surface area contributed by atoms with E-state index in [1.807, 2.05) is 29.2 Å². The van der Waals surface area contributed by atoms with Crippen LogP contribution in [0.15, 0.2) is 24.3 Å². The van der Waals surface area contributed by atoms with E-state index in [-0.39, 0.29) is 5.97 Å². The maximum Gasteiger partial charge on any atom is 0.348 e. The van der Waals surface area contributed by atoms with Gasteiger partial charge in [0.05, 0.1) is 19.3 Å². The molecule has 1 aliphatic carbocycles. The van der Waals surface area contributed by atoms with Crippen molar-refractivity contribution >= 4 is 29.0 Å². The van der Waals surface area contributed by atoms with Gasteiger partial charge in [0.2, 0.25) is 6.10 Å². The maximum atomic E-state index is 11.9. The Labute approximate surface area is 141 Å². The van der Waals surface area contributed by atoms with Crippen molar-refractivity contribution in [3.63, 3.8) is 0 Å². The average Bonchev–Trinajstić information content (AvgIpc) is 2.60. The van der Waals surface area contributed by atoms with Crippen LogP contribution in [0.3, 0.4) is 0 Å². The van der Waals surface area contributed by atoms with Gasteiger partial charge in [0.1, 0.15) is 5.75 Å². The molecule has 1 aromatic carbocycles. The number of esters is 1. The molecule has 6 heteroatoms. The van der Waals surface area contributed by atoms with E-state index < -0.39 is 6.10 Å². The summed E-state index contributed by atoms with van der Waals surface area (Å²) < 4.78 is 10.6. The molecule has 5 nitrogen and oxygen atoms in total. The van der Waals surface area contributed by atoms with Crippen LogP contribution in [0.25, 0.3) is 0 Å². The summed E-state index contributed by atoms with van der Waals surface area (Å²) in [7, 11) is 1.37. The van der Waals surface area contributed by atoms with Gasteiger partial charge in [-0.2, -0.15) is 0 Å². The Bertz CT molecular complexity index is 587. The van der Waals surface area contributed by atoms with Gasteiger partial charge in [-0.1, -0.05) is 31.4 Å². The predicted molar refractivity (Wildman–Crippen MR) is 92.8 cm³/mol. The Balaban J connectivity index is 1.78. The Morgan fingerprint density at radius 3 is 2.78 bits per heavy atom. The summed E-state index contributed by atoms with van der Waals surface area (Å²) in [5.74, 6) is 0.270. The highest BCUT2D eigenvalue weighted by Crippen LogP contribution is 2.33. The van der Waals surface area contributed by atoms with Crippen molar-refractivity contribution in [2.45, 2.75) is 44.2 Å². The first kappa shape index (κ1) is 16.1. The van der Waals surface area contributed by atoms with Crippen molar-refractivity contribution in [3.8, 4) is 5.75 Å². The molecule has 0 amide bonds. The molecule has 23 heavy (non-hydrogen) atoms. The molecular formula is C17H22N2O3S. The van der Waals surface area contributed by atoms with Crippen LogP contribution in [-0.2, 0) is 9.53 Å². The molecule has 1 aliphatic heterocycles. The van der Waals surface area contributed by atoms with Crippen LogP contribution in [-0.4, -0.2) is 36.9 Å². The second kappa shape index (κ2) is 7.17. The molecule has 1 saturated carbocycles. The second-order valence-electron chi connectivity index (χ2n) is 5.99. The molecule has 0 saturated heterocycles. The van der Waals surface area contributed by atoms with E-state index in [4.69, 9.17) is 21.7 Å². The summed E-state index contributed by atoms with van der Waals surface area (Å²) >= 11 is 5.61. The number of para-hydroxylation sites is 2. The number of hydrogen-bond donors (Lipinski definition) is 1. The Kier molecular flexibility index (Phi) is 5.00. The summed E-state index contributed by atoms with van der Waals surface area (Å²) in [4.78, 5) is 13.8. The number of rotatable bonds is 2. The van der Waals surface area contributed by atoms with Crippen LogP contribution >= 0.6 is 12.2 Å². The number of carbonyl (C=O) groups excluding carboxylic acids is 1. The predicted octanol–water partition coefficient (Wildman–Crippen LogP) is 2.63. The minimum absolute atomic E-state index is 0.363. The highest BCUT2D eigenvalue weighted by atomic mass is 32.1. The number of nitrogens with zero attached hydrogens (tertiary/aromatic N) is 1. The number of benzene rings is 1. The molecule has 0 unspecified atom stereocenters. The number of thiocarbonyl (C=S) groups is 1. The first-order valence-electron chi connectivity index (χ1n) is 8.10. The highest BCUT2D eigenvalue weighted by Gasteiger charge is 2.33. The lowest BCUT2D eigenvalue weighted by molar-refractivity contribution is -0.148. The van der Waals surface area contributed by atoms with Gasteiger partial charge >= 0.3 is 5.97 Å². The maximum absolute atomic E-state index is 11.9.